The molecule has 0 atom stereocenters. The molecule has 18 heavy (non-hydrogen) atoms. The highest BCUT2D eigenvalue weighted by Crippen LogP contribution is 2.25. The van der Waals surface area contributed by atoms with Gasteiger partial charge in [0.25, 0.3) is 0 Å². The lowest BCUT2D eigenvalue weighted by Crippen LogP contribution is -1.88. The second-order valence-corrected chi connectivity index (χ2v) is 3.58. The van der Waals surface area contributed by atoms with Gasteiger partial charge in [0, 0.05) is 23.3 Å². The van der Waals surface area contributed by atoms with Gasteiger partial charge in [0.1, 0.15) is 0 Å². The number of hydrogen-bond acceptors (Lipinski definition) is 3. The molecule has 0 bridgehead atoms. The molecule has 0 fully saturated rings. The van der Waals surface area contributed by atoms with E-state index in [1.807, 2.05) is 30.3 Å². The van der Waals surface area contributed by atoms with Crippen molar-refractivity contribution in [2.24, 2.45) is 0 Å². The highest BCUT2D eigenvalue weighted by molar-refractivity contribution is 5.52. The fourth-order valence-corrected chi connectivity index (χ4v) is 1.42. The summed E-state index contributed by atoms with van der Waals surface area (Å²) >= 11 is 0. The highest BCUT2D eigenvalue weighted by Gasteiger charge is 2.11. The van der Waals surface area contributed by atoms with Crippen LogP contribution in [0.25, 0.3) is 0 Å². The van der Waals surface area contributed by atoms with Gasteiger partial charge >= 0.3 is 5.69 Å². The van der Waals surface area contributed by atoms with Crippen LogP contribution < -0.4 is 0 Å². The van der Waals surface area contributed by atoms with Gasteiger partial charge < -0.3 is 5.11 Å². The van der Waals surface area contributed by atoms with Crippen LogP contribution in [0.2, 0.25) is 0 Å². The monoisotopic (exact) mass is 239 g/mol. The van der Waals surface area contributed by atoms with Crippen molar-refractivity contribution in [2.75, 3.05) is 0 Å². The molecule has 0 aliphatic heterocycles. The Hall–Kier alpha value is -2.80. The first-order valence-electron chi connectivity index (χ1n) is 5.21. The van der Waals surface area contributed by atoms with Crippen molar-refractivity contribution in [3.8, 4) is 17.6 Å². The minimum absolute atomic E-state index is 0.319. The first-order valence-corrected chi connectivity index (χ1v) is 5.21. The van der Waals surface area contributed by atoms with Gasteiger partial charge in [-0.3, -0.25) is 10.1 Å². The van der Waals surface area contributed by atoms with E-state index in [1.165, 1.54) is 18.2 Å². The van der Waals surface area contributed by atoms with Crippen molar-refractivity contribution in [2.45, 2.75) is 0 Å². The second kappa shape index (κ2) is 5.02. The van der Waals surface area contributed by atoms with Crippen LogP contribution in [-0.2, 0) is 0 Å². The zero-order chi connectivity index (χ0) is 13.0. The average Bonchev–Trinajstić information content (AvgIpc) is 2.37. The molecule has 0 saturated carbocycles. The lowest BCUT2D eigenvalue weighted by molar-refractivity contribution is -0.385. The van der Waals surface area contributed by atoms with Crippen LogP contribution >= 0.6 is 0 Å². The molecule has 2 aromatic rings. The number of nitrogens with zero attached hydrogens (tertiary/aromatic N) is 1. The van der Waals surface area contributed by atoms with Crippen molar-refractivity contribution in [3.05, 3.63) is 69.8 Å². The highest BCUT2D eigenvalue weighted by atomic mass is 16.6. The van der Waals surface area contributed by atoms with Crippen molar-refractivity contribution in [3.63, 3.8) is 0 Å². The van der Waals surface area contributed by atoms with Crippen LogP contribution in [-0.4, -0.2) is 10.0 Å². The maximum absolute atomic E-state index is 10.5. The Balaban J connectivity index is 2.29. The topological polar surface area (TPSA) is 63.4 Å². The van der Waals surface area contributed by atoms with Crippen LogP contribution in [0.4, 0.5) is 5.69 Å². The summed E-state index contributed by atoms with van der Waals surface area (Å²) in [6.07, 6.45) is 0. The lowest BCUT2D eigenvalue weighted by atomic mass is 10.1. The third kappa shape index (κ3) is 2.66. The minimum atomic E-state index is -0.635. The number of benzene rings is 2. The van der Waals surface area contributed by atoms with Gasteiger partial charge in [-0.05, 0) is 18.2 Å². The summed E-state index contributed by atoms with van der Waals surface area (Å²) in [4.78, 5) is 9.89. The molecule has 4 nitrogen and oxygen atoms in total. The normalized spacial score (nSPS) is 9.33. The van der Waals surface area contributed by atoms with E-state index in [4.69, 9.17) is 0 Å². The van der Waals surface area contributed by atoms with Crippen LogP contribution in [0.1, 0.15) is 11.1 Å². The van der Waals surface area contributed by atoms with E-state index in [-0.39, 0.29) is 11.4 Å². The maximum Gasteiger partial charge on any atom is 0.310 e. The Morgan fingerprint density at radius 2 is 1.67 bits per heavy atom. The molecular formula is C14H9NO3. The van der Waals surface area contributed by atoms with E-state index in [1.54, 1.807) is 0 Å². The molecule has 0 aliphatic carbocycles. The molecule has 0 radical (unpaired) electrons. The van der Waals surface area contributed by atoms with Gasteiger partial charge in [0.2, 0.25) is 0 Å². The molecule has 0 heterocycles. The van der Waals surface area contributed by atoms with E-state index in [9.17, 15) is 15.2 Å². The quantitative estimate of drug-likeness (QED) is 0.472. The Morgan fingerprint density at radius 1 is 1.00 bits per heavy atom. The predicted molar refractivity (Wildman–Crippen MR) is 67.2 cm³/mol. The fraction of sp³-hybridized carbons (Fsp3) is 0. The van der Waals surface area contributed by atoms with Crippen LogP contribution in [0.5, 0.6) is 5.75 Å². The standard InChI is InChI=1S/C14H9NO3/c16-14-10-12(8-9-13(14)15(17)18)7-6-11-4-2-1-3-5-11/h1-5,8-10,16H. The van der Waals surface area contributed by atoms with Crippen LogP contribution in [0.3, 0.4) is 0 Å². The smallest absolute Gasteiger partial charge is 0.310 e. The SMILES string of the molecule is O=[N+]([O-])c1ccc(C#Cc2ccccc2)cc1O. The molecule has 0 saturated heterocycles. The van der Waals surface area contributed by atoms with E-state index in [0.29, 0.717) is 5.56 Å². The summed E-state index contributed by atoms with van der Waals surface area (Å²) in [5.41, 5.74) is 1.05. The molecule has 0 unspecified atom stereocenters. The summed E-state index contributed by atoms with van der Waals surface area (Å²) in [5.74, 6) is 5.37. The molecule has 0 spiro atoms. The number of phenols is 1. The Bertz CT molecular complexity index is 639. The van der Waals surface area contributed by atoms with E-state index in [0.717, 1.165) is 5.56 Å². The molecule has 1 N–H and O–H groups in total. The zero-order valence-corrected chi connectivity index (χ0v) is 9.33. The summed E-state index contributed by atoms with van der Waals surface area (Å²) in [6.45, 7) is 0. The van der Waals surface area contributed by atoms with E-state index < -0.39 is 4.92 Å². The van der Waals surface area contributed by atoms with Crippen molar-refractivity contribution < 1.29 is 10.0 Å². The van der Waals surface area contributed by atoms with Crippen molar-refractivity contribution >= 4 is 5.69 Å². The largest absolute Gasteiger partial charge is 0.502 e. The molecule has 2 aromatic carbocycles. The van der Waals surface area contributed by atoms with Crippen LogP contribution in [0.15, 0.2) is 48.5 Å². The van der Waals surface area contributed by atoms with Gasteiger partial charge in [0.05, 0.1) is 4.92 Å². The summed E-state index contributed by atoms with van der Waals surface area (Å²) < 4.78 is 0. The van der Waals surface area contributed by atoms with E-state index >= 15 is 0 Å². The van der Waals surface area contributed by atoms with Crippen molar-refractivity contribution in [1.82, 2.24) is 0 Å². The minimum Gasteiger partial charge on any atom is -0.502 e. The fourth-order valence-electron chi connectivity index (χ4n) is 1.42. The number of rotatable bonds is 1. The van der Waals surface area contributed by atoms with Gasteiger partial charge in [-0.15, -0.1) is 0 Å². The second-order valence-electron chi connectivity index (χ2n) is 3.58. The Kier molecular flexibility index (Phi) is 3.26. The molecule has 0 aliphatic rings. The number of aromatic hydroxyl groups is 1. The van der Waals surface area contributed by atoms with Gasteiger partial charge in [-0.1, -0.05) is 30.0 Å². The molecule has 4 heteroatoms. The Morgan fingerprint density at radius 3 is 2.28 bits per heavy atom. The average molecular weight is 239 g/mol. The number of hydrogen-bond donors (Lipinski definition) is 1. The molecule has 88 valence electrons. The predicted octanol–water partition coefficient (Wildman–Crippen LogP) is 2.70. The molecule has 0 amide bonds. The Labute approximate surface area is 104 Å². The third-order valence-electron chi connectivity index (χ3n) is 2.30. The van der Waals surface area contributed by atoms with Crippen LogP contribution in [0, 0.1) is 22.0 Å². The van der Waals surface area contributed by atoms with Crippen molar-refractivity contribution in [1.29, 1.82) is 0 Å². The van der Waals surface area contributed by atoms with E-state index in [2.05, 4.69) is 11.8 Å². The van der Waals surface area contributed by atoms with Gasteiger partial charge in [-0.2, -0.15) is 0 Å². The first kappa shape index (κ1) is 11.7. The summed E-state index contributed by atoms with van der Waals surface area (Å²) in [7, 11) is 0. The summed E-state index contributed by atoms with van der Waals surface area (Å²) in [5, 5.41) is 20.0. The first-order chi connectivity index (χ1) is 8.66. The maximum atomic E-state index is 10.5. The summed E-state index contributed by atoms with van der Waals surface area (Å²) in [6, 6.07) is 13.4. The van der Waals surface area contributed by atoms with Gasteiger partial charge in [-0.25, -0.2) is 0 Å². The molecule has 0 aromatic heterocycles. The lowest BCUT2D eigenvalue weighted by Gasteiger charge is -1.95. The van der Waals surface area contributed by atoms with Gasteiger partial charge in [0.15, 0.2) is 5.75 Å². The zero-order valence-electron chi connectivity index (χ0n) is 9.33. The molecule has 2 rings (SSSR count). The third-order valence-corrected chi connectivity index (χ3v) is 2.30. The molecular weight excluding hydrogens is 230 g/mol. The number of nitro groups is 1. The number of nitro benzene ring substituents is 1. The number of phenolic OH excluding ortho intramolecular Hbond substituents is 1.